The molecular weight excluding hydrogens is 422 g/mol. The van der Waals surface area contributed by atoms with Crippen molar-refractivity contribution in [2.75, 3.05) is 18.8 Å². The van der Waals surface area contributed by atoms with Crippen LogP contribution in [0.1, 0.15) is 30.4 Å². The quantitative estimate of drug-likeness (QED) is 0.446. The van der Waals surface area contributed by atoms with Crippen molar-refractivity contribution in [3.63, 3.8) is 0 Å². The van der Waals surface area contributed by atoms with E-state index in [0.29, 0.717) is 22.1 Å². The van der Waals surface area contributed by atoms with Crippen LogP contribution in [-0.2, 0) is 4.79 Å². The zero-order valence-electron chi connectivity index (χ0n) is 18.2. The van der Waals surface area contributed by atoms with E-state index in [1.807, 2.05) is 65.6 Å². The van der Waals surface area contributed by atoms with Crippen molar-refractivity contribution in [1.82, 2.24) is 24.1 Å². The third kappa shape index (κ3) is 3.48. The summed E-state index contributed by atoms with van der Waals surface area (Å²) in [7, 11) is 0. The molecule has 0 spiro atoms. The fourth-order valence-electron chi connectivity index (χ4n) is 4.49. The molecule has 0 radical (unpaired) electrons. The van der Waals surface area contributed by atoms with Crippen LogP contribution in [0.5, 0.6) is 0 Å². The first-order chi connectivity index (χ1) is 15.6. The molecule has 0 atom stereocenters. The summed E-state index contributed by atoms with van der Waals surface area (Å²) in [6.07, 6.45) is 3.32. The third-order valence-corrected chi connectivity index (χ3v) is 7.01. The highest BCUT2D eigenvalue weighted by molar-refractivity contribution is 7.99. The first kappa shape index (κ1) is 20.8. The van der Waals surface area contributed by atoms with Crippen LogP contribution < -0.4 is 5.56 Å². The van der Waals surface area contributed by atoms with Gasteiger partial charge < -0.3 is 4.90 Å². The summed E-state index contributed by atoms with van der Waals surface area (Å²) < 4.78 is 3.55. The summed E-state index contributed by atoms with van der Waals surface area (Å²) in [6, 6.07) is 13.5. The van der Waals surface area contributed by atoms with E-state index in [0.717, 1.165) is 48.3 Å². The van der Waals surface area contributed by atoms with Crippen molar-refractivity contribution in [2.24, 2.45) is 0 Å². The number of piperidine rings is 1. The van der Waals surface area contributed by atoms with E-state index in [2.05, 4.69) is 10.2 Å². The lowest BCUT2D eigenvalue weighted by molar-refractivity contribution is -0.129. The molecule has 5 rings (SSSR count). The first-order valence-corrected chi connectivity index (χ1v) is 11.9. The molecule has 1 fully saturated rings. The van der Waals surface area contributed by atoms with E-state index >= 15 is 0 Å². The van der Waals surface area contributed by atoms with Gasteiger partial charge >= 0.3 is 0 Å². The number of para-hydroxylation sites is 2. The van der Waals surface area contributed by atoms with Crippen molar-refractivity contribution in [2.45, 2.75) is 38.3 Å². The van der Waals surface area contributed by atoms with Gasteiger partial charge in [0, 0.05) is 13.1 Å². The Kier molecular flexibility index (Phi) is 5.46. The molecule has 1 aliphatic rings. The molecule has 0 N–H and O–H groups in total. The maximum atomic E-state index is 13.5. The molecule has 1 aliphatic heterocycles. The Bertz CT molecular complexity index is 1360. The minimum atomic E-state index is -0.126. The van der Waals surface area contributed by atoms with E-state index in [1.165, 1.54) is 18.2 Å². The highest BCUT2D eigenvalue weighted by Gasteiger charge is 2.22. The maximum Gasteiger partial charge on any atom is 0.267 e. The van der Waals surface area contributed by atoms with Crippen LogP contribution in [0.15, 0.2) is 52.4 Å². The molecule has 32 heavy (non-hydrogen) atoms. The van der Waals surface area contributed by atoms with Gasteiger partial charge in [-0.25, -0.2) is 4.57 Å². The van der Waals surface area contributed by atoms with Crippen LogP contribution in [0.4, 0.5) is 0 Å². The molecule has 0 bridgehead atoms. The molecule has 164 valence electrons. The standard InChI is InChI=1S/C24H25N5O2S/c1-16-9-8-10-17(2)21(16)29-22(31)18-11-4-5-12-19(18)28-23(29)25-26-24(28)32-15-20(30)27-13-6-3-7-14-27/h4-5,8-12H,3,6-7,13-15H2,1-2H3. The van der Waals surface area contributed by atoms with Gasteiger partial charge in [0.2, 0.25) is 11.7 Å². The lowest BCUT2D eigenvalue weighted by atomic mass is 10.1. The molecule has 8 heteroatoms. The third-order valence-electron chi connectivity index (χ3n) is 6.09. The second-order valence-electron chi connectivity index (χ2n) is 8.25. The van der Waals surface area contributed by atoms with Gasteiger partial charge in [-0.05, 0) is 56.4 Å². The number of hydrogen-bond donors (Lipinski definition) is 0. The summed E-state index contributed by atoms with van der Waals surface area (Å²) in [5.74, 6) is 0.885. The topological polar surface area (TPSA) is 72.5 Å². The average Bonchev–Trinajstić information content (AvgIpc) is 3.24. The minimum Gasteiger partial charge on any atom is -0.342 e. The number of rotatable bonds is 4. The fraction of sp³-hybridized carbons (Fsp3) is 0.333. The Labute approximate surface area is 190 Å². The van der Waals surface area contributed by atoms with Gasteiger partial charge in [-0.2, -0.15) is 0 Å². The zero-order valence-corrected chi connectivity index (χ0v) is 19.1. The Morgan fingerprint density at radius 1 is 0.969 bits per heavy atom. The van der Waals surface area contributed by atoms with Crippen LogP contribution in [0.25, 0.3) is 22.4 Å². The van der Waals surface area contributed by atoms with Gasteiger partial charge in [-0.15, -0.1) is 10.2 Å². The second-order valence-corrected chi connectivity index (χ2v) is 9.19. The number of nitrogens with zero attached hydrogens (tertiary/aromatic N) is 5. The van der Waals surface area contributed by atoms with Gasteiger partial charge in [0.15, 0.2) is 5.16 Å². The van der Waals surface area contributed by atoms with Crippen LogP contribution in [-0.4, -0.2) is 48.8 Å². The van der Waals surface area contributed by atoms with Crippen molar-refractivity contribution in [3.05, 3.63) is 63.9 Å². The van der Waals surface area contributed by atoms with Crippen LogP contribution in [0.2, 0.25) is 0 Å². The van der Waals surface area contributed by atoms with Gasteiger partial charge in [0.05, 0.1) is 22.3 Å². The van der Waals surface area contributed by atoms with Crippen molar-refractivity contribution in [3.8, 4) is 5.69 Å². The monoisotopic (exact) mass is 447 g/mol. The van der Waals surface area contributed by atoms with Gasteiger partial charge in [0.25, 0.3) is 5.56 Å². The molecule has 2 aromatic carbocycles. The van der Waals surface area contributed by atoms with Crippen LogP contribution >= 0.6 is 11.8 Å². The van der Waals surface area contributed by atoms with Crippen molar-refractivity contribution < 1.29 is 4.79 Å². The van der Waals surface area contributed by atoms with Crippen molar-refractivity contribution >= 4 is 34.3 Å². The normalized spacial score (nSPS) is 14.4. The Morgan fingerprint density at radius 2 is 1.69 bits per heavy atom. The van der Waals surface area contributed by atoms with Crippen LogP contribution in [0.3, 0.4) is 0 Å². The number of aromatic nitrogens is 4. The molecule has 1 saturated heterocycles. The Hall–Kier alpha value is -3.13. The predicted molar refractivity (Wildman–Crippen MR) is 127 cm³/mol. The number of carbonyl (C=O) groups excluding carboxylic acids is 1. The summed E-state index contributed by atoms with van der Waals surface area (Å²) >= 11 is 1.37. The second kappa shape index (κ2) is 8.43. The molecule has 7 nitrogen and oxygen atoms in total. The number of amides is 1. The summed E-state index contributed by atoms with van der Waals surface area (Å²) in [5.41, 5.74) is 3.41. The molecule has 3 heterocycles. The molecule has 4 aromatic rings. The minimum absolute atomic E-state index is 0.124. The number of thioether (sulfide) groups is 1. The molecule has 0 aliphatic carbocycles. The lowest BCUT2D eigenvalue weighted by Gasteiger charge is -2.26. The predicted octanol–water partition coefficient (Wildman–Crippen LogP) is 3.75. The number of likely N-dealkylation sites (tertiary alicyclic amines) is 1. The van der Waals surface area contributed by atoms with E-state index in [-0.39, 0.29) is 11.5 Å². The average molecular weight is 448 g/mol. The molecule has 1 amide bonds. The highest BCUT2D eigenvalue weighted by atomic mass is 32.2. The smallest absolute Gasteiger partial charge is 0.267 e. The summed E-state index contributed by atoms with van der Waals surface area (Å²) in [4.78, 5) is 28.2. The number of aryl methyl sites for hydroxylation is 2. The first-order valence-electron chi connectivity index (χ1n) is 10.9. The van der Waals surface area contributed by atoms with Gasteiger partial charge in [0.1, 0.15) is 0 Å². The van der Waals surface area contributed by atoms with E-state index in [4.69, 9.17) is 0 Å². The largest absolute Gasteiger partial charge is 0.342 e. The molecule has 0 saturated carbocycles. The number of fused-ring (bicyclic) bond motifs is 3. The summed E-state index contributed by atoms with van der Waals surface area (Å²) in [6.45, 7) is 5.64. The van der Waals surface area contributed by atoms with Crippen molar-refractivity contribution in [1.29, 1.82) is 0 Å². The van der Waals surface area contributed by atoms with E-state index in [9.17, 15) is 9.59 Å². The SMILES string of the molecule is Cc1cccc(C)c1-n1c(=O)c2ccccc2n2c(SCC(=O)N3CCCCC3)nnc12. The number of benzene rings is 2. The zero-order chi connectivity index (χ0) is 22.2. The number of hydrogen-bond acceptors (Lipinski definition) is 5. The molecular formula is C24H25N5O2S. The maximum absolute atomic E-state index is 13.5. The van der Waals surface area contributed by atoms with E-state index < -0.39 is 0 Å². The fourth-order valence-corrected chi connectivity index (χ4v) is 5.34. The number of carbonyl (C=O) groups is 1. The molecule has 0 unspecified atom stereocenters. The Morgan fingerprint density at radius 3 is 2.44 bits per heavy atom. The van der Waals surface area contributed by atoms with Gasteiger partial charge in [-0.3, -0.25) is 14.0 Å². The van der Waals surface area contributed by atoms with Gasteiger partial charge in [-0.1, -0.05) is 42.1 Å². The Balaban J connectivity index is 1.65. The lowest BCUT2D eigenvalue weighted by Crippen LogP contribution is -2.36. The highest BCUT2D eigenvalue weighted by Crippen LogP contribution is 2.26. The van der Waals surface area contributed by atoms with Crippen LogP contribution in [0, 0.1) is 13.8 Å². The summed E-state index contributed by atoms with van der Waals surface area (Å²) in [5, 5.41) is 10.0. The van der Waals surface area contributed by atoms with E-state index in [1.54, 1.807) is 4.57 Å². The molecule has 2 aromatic heterocycles.